The maximum Gasteiger partial charge on any atom is 0.0249 e. The predicted octanol–water partition coefficient (Wildman–Crippen LogP) is 1.98. The van der Waals surface area contributed by atoms with E-state index in [4.69, 9.17) is 0 Å². The summed E-state index contributed by atoms with van der Waals surface area (Å²) in [6.07, 6.45) is 4.34. The monoisotopic (exact) mass is 203 g/mol. The van der Waals surface area contributed by atoms with Crippen molar-refractivity contribution in [2.75, 3.05) is 23.8 Å². The Hall–Kier alpha value is 0.660. The summed E-state index contributed by atoms with van der Waals surface area (Å²) in [5.74, 6) is 4.08. The van der Waals surface area contributed by atoms with Crippen LogP contribution in [0.4, 0.5) is 0 Å². The molecule has 0 aliphatic carbocycles. The normalized spacial score (nSPS) is 31.5. The third kappa shape index (κ3) is 2.57. The third-order valence-electron chi connectivity index (χ3n) is 2.55. The molecule has 1 atom stereocenters. The lowest BCUT2D eigenvalue weighted by atomic mass is 10.2. The second-order valence-electron chi connectivity index (χ2n) is 3.63. The zero-order chi connectivity index (χ0) is 8.23. The maximum atomic E-state index is 3.65. The molecule has 2 heterocycles. The van der Waals surface area contributed by atoms with Gasteiger partial charge >= 0.3 is 0 Å². The number of hydrogen-bond donors (Lipinski definition) is 1. The summed E-state index contributed by atoms with van der Waals surface area (Å²) in [7, 11) is 0. The topological polar surface area (TPSA) is 12.0 Å². The Morgan fingerprint density at radius 1 is 1.25 bits per heavy atom. The van der Waals surface area contributed by atoms with Crippen LogP contribution in [0, 0.1) is 0 Å². The minimum Gasteiger partial charge on any atom is -0.311 e. The maximum absolute atomic E-state index is 3.65. The van der Waals surface area contributed by atoms with Gasteiger partial charge in [-0.3, -0.25) is 0 Å². The molecule has 0 saturated carbocycles. The number of nitrogens with one attached hydrogen (secondary N) is 1. The SMILES string of the molecule is C1CCC(CNC2CSC2)SC1. The van der Waals surface area contributed by atoms with Crippen LogP contribution < -0.4 is 5.32 Å². The summed E-state index contributed by atoms with van der Waals surface area (Å²) in [5.41, 5.74) is 0. The van der Waals surface area contributed by atoms with Crippen LogP contribution in [-0.2, 0) is 0 Å². The molecule has 12 heavy (non-hydrogen) atoms. The van der Waals surface area contributed by atoms with Crippen molar-refractivity contribution in [1.82, 2.24) is 5.32 Å². The molecule has 70 valence electrons. The van der Waals surface area contributed by atoms with Crippen LogP contribution in [0.3, 0.4) is 0 Å². The lowest BCUT2D eigenvalue weighted by Crippen LogP contribution is -2.43. The zero-order valence-electron chi connectivity index (χ0n) is 7.42. The second-order valence-corrected chi connectivity index (χ2v) is 6.11. The predicted molar refractivity (Wildman–Crippen MR) is 59.2 cm³/mol. The Kier molecular flexibility index (Phi) is 3.67. The molecule has 0 aromatic heterocycles. The molecule has 0 amide bonds. The number of rotatable bonds is 3. The Morgan fingerprint density at radius 3 is 2.75 bits per heavy atom. The molecule has 0 radical (unpaired) electrons. The molecule has 1 N–H and O–H groups in total. The summed E-state index contributed by atoms with van der Waals surface area (Å²) in [5, 5.41) is 4.57. The van der Waals surface area contributed by atoms with Crippen molar-refractivity contribution in [3.8, 4) is 0 Å². The van der Waals surface area contributed by atoms with Gasteiger partial charge in [-0.05, 0) is 18.6 Å². The van der Waals surface area contributed by atoms with E-state index in [1.54, 1.807) is 0 Å². The Morgan fingerprint density at radius 2 is 2.17 bits per heavy atom. The molecule has 0 spiro atoms. The van der Waals surface area contributed by atoms with Gasteiger partial charge in [0, 0.05) is 29.3 Å². The highest BCUT2D eigenvalue weighted by atomic mass is 32.2. The molecule has 1 unspecified atom stereocenters. The molecule has 2 fully saturated rings. The fraction of sp³-hybridized carbons (Fsp3) is 1.00. The average molecular weight is 203 g/mol. The van der Waals surface area contributed by atoms with Gasteiger partial charge in [0.25, 0.3) is 0 Å². The van der Waals surface area contributed by atoms with Crippen molar-refractivity contribution < 1.29 is 0 Å². The summed E-state index contributed by atoms with van der Waals surface area (Å²) < 4.78 is 0. The molecule has 0 bridgehead atoms. The van der Waals surface area contributed by atoms with Crippen molar-refractivity contribution in [1.29, 1.82) is 0 Å². The van der Waals surface area contributed by atoms with E-state index in [9.17, 15) is 0 Å². The van der Waals surface area contributed by atoms with Gasteiger partial charge in [-0.25, -0.2) is 0 Å². The first-order chi connectivity index (χ1) is 5.95. The van der Waals surface area contributed by atoms with Crippen molar-refractivity contribution >= 4 is 23.5 Å². The molecule has 2 aliphatic heterocycles. The van der Waals surface area contributed by atoms with E-state index in [2.05, 4.69) is 28.8 Å². The summed E-state index contributed by atoms with van der Waals surface area (Å²) in [4.78, 5) is 0. The minimum atomic E-state index is 0.845. The van der Waals surface area contributed by atoms with Crippen LogP contribution in [0.1, 0.15) is 19.3 Å². The summed E-state index contributed by atoms with van der Waals surface area (Å²) in [6.45, 7) is 1.26. The van der Waals surface area contributed by atoms with Crippen molar-refractivity contribution in [3.63, 3.8) is 0 Å². The highest BCUT2D eigenvalue weighted by molar-refractivity contribution is 8.00. The molecular formula is C9H17NS2. The Balaban J connectivity index is 1.58. The molecule has 1 nitrogen and oxygen atoms in total. The lowest BCUT2D eigenvalue weighted by molar-refractivity contribution is 0.545. The van der Waals surface area contributed by atoms with E-state index in [1.807, 2.05) is 0 Å². The van der Waals surface area contributed by atoms with Crippen molar-refractivity contribution in [2.45, 2.75) is 30.6 Å². The quantitative estimate of drug-likeness (QED) is 0.753. The zero-order valence-corrected chi connectivity index (χ0v) is 9.05. The van der Waals surface area contributed by atoms with Crippen LogP contribution in [-0.4, -0.2) is 35.1 Å². The molecule has 3 heteroatoms. The van der Waals surface area contributed by atoms with Crippen LogP contribution in [0.25, 0.3) is 0 Å². The number of thioether (sulfide) groups is 2. The van der Waals surface area contributed by atoms with Gasteiger partial charge in [-0.1, -0.05) is 6.42 Å². The van der Waals surface area contributed by atoms with Gasteiger partial charge in [0.2, 0.25) is 0 Å². The van der Waals surface area contributed by atoms with Crippen LogP contribution >= 0.6 is 23.5 Å². The summed E-state index contributed by atoms with van der Waals surface area (Å²) >= 11 is 4.23. The van der Waals surface area contributed by atoms with Crippen LogP contribution in [0.5, 0.6) is 0 Å². The van der Waals surface area contributed by atoms with Gasteiger partial charge in [-0.15, -0.1) is 0 Å². The first-order valence-electron chi connectivity index (χ1n) is 4.88. The average Bonchev–Trinajstić information content (AvgIpc) is 2.04. The minimum absolute atomic E-state index is 0.845. The highest BCUT2D eigenvalue weighted by Gasteiger charge is 2.20. The van der Waals surface area contributed by atoms with Gasteiger partial charge in [0.1, 0.15) is 0 Å². The highest BCUT2D eigenvalue weighted by Crippen LogP contribution is 2.25. The van der Waals surface area contributed by atoms with E-state index in [0.717, 1.165) is 11.3 Å². The second kappa shape index (κ2) is 4.77. The molecule has 2 saturated heterocycles. The molecule has 0 aromatic carbocycles. The van der Waals surface area contributed by atoms with Crippen LogP contribution in [0.15, 0.2) is 0 Å². The fourth-order valence-corrected chi connectivity index (χ4v) is 3.58. The number of hydrogen-bond acceptors (Lipinski definition) is 3. The molecule has 2 rings (SSSR count). The van der Waals surface area contributed by atoms with Crippen LogP contribution in [0.2, 0.25) is 0 Å². The molecule has 0 aromatic rings. The molecular weight excluding hydrogens is 186 g/mol. The van der Waals surface area contributed by atoms with Gasteiger partial charge in [0.15, 0.2) is 0 Å². The Labute approximate surface area is 83.4 Å². The third-order valence-corrected chi connectivity index (χ3v) is 5.22. The van der Waals surface area contributed by atoms with Gasteiger partial charge < -0.3 is 5.32 Å². The first-order valence-corrected chi connectivity index (χ1v) is 7.08. The lowest BCUT2D eigenvalue weighted by Gasteiger charge is -2.29. The smallest absolute Gasteiger partial charge is 0.0249 e. The van der Waals surface area contributed by atoms with Crippen molar-refractivity contribution in [2.24, 2.45) is 0 Å². The largest absolute Gasteiger partial charge is 0.311 e. The first kappa shape index (κ1) is 9.22. The van der Waals surface area contributed by atoms with Gasteiger partial charge in [-0.2, -0.15) is 23.5 Å². The fourth-order valence-electron chi connectivity index (χ4n) is 1.62. The Bertz CT molecular complexity index is 130. The van der Waals surface area contributed by atoms with E-state index >= 15 is 0 Å². The van der Waals surface area contributed by atoms with E-state index in [1.165, 1.54) is 43.1 Å². The standard InChI is InChI=1S/C9H17NS2/c1-2-4-12-9(3-1)5-10-8-6-11-7-8/h8-10H,1-7H2. The van der Waals surface area contributed by atoms with Crippen molar-refractivity contribution in [3.05, 3.63) is 0 Å². The molecule has 2 aliphatic rings. The van der Waals surface area contributed by atoms with E-state index in [-0.39, 0.29) is 0 Å². The van der Waals surface area contributed by atoms with Gasteiger partial charge in [0.05, 0.1) is 0 Å². The van der Waals surface area contributed by atoms with E-state index in [0.29, 0.717) is 0 Å². The van der Waals surface area contributed by atoms with E-state index < -0.39 is 0 Å². The summed E-state index contributed by atoms with van der Waals surface area (Å²) in [6, 6.07) is 0.845.